The molecule has 1 aliphatic heterocycles. The molecule has 1 aliphatic rings. The maximum Gasteiger partial charge on any atom is 0.397 e. The number of amides is 1. The van der Waals surface area contributed by atoms with Gasteiger partial charge in [0.1, 0.15) is 12.2 Å². The summed E-state index contributed by atoms with van der Waals surface area (Å²) < 4.78 is 50.0. The van der Waals surface area contributed by atoms with Crippen molar-refractivity contribution < 1.29 is 22.4 Å². The number of carbonyl (C=O) groups excluding carboxylic acids is 1. The number of nitrogens with zero attached hydrogens (tertiary/aromatic N) is 1. The van der Waals surface area contributed by atoms with E-state index in [-0.39, 0.29) is 6.04 Å². The summed E-state index contributed by atoms with van der Waals surface area (Å²) in [5.74, 6) is -1.45. The Bertz CT molecular complexity index is 550. The van der Waals surface area contributed by atoms with Crippen LogP contribution >= 0.6 is 11.6 Å². The molecule has 1 amide bonds. The van der Waals surface area contributed by atoms with E-state index >= 15 is 0 Å². The number of hydrogen-bond acceptors (Lipinski definition) is 2. The fourth-order valence-corrected chi connectivity index (χ4v) is 2.60. The van der Waals surface area contributed by atoms with Crippen molar-refractivity contribution in [2.24, 2.45) is 0 Å². The molecule has 3 nitrogen and oxygen atoms in total. The van der Waals surface area contributed by atoms with Crippen molar-refractivity contribution in [1.82, 2.24) is 10.2 Å². The van der Waals surface area contributed by atoms with E-state index in [0.29, 0.717) is 36.6 Å². The fourth-order valence-electron chi connectivity index (χ4n) is 2.45. The number of halogens is 5. The summed E-state index contributed by atoms with van der Waals surface area (Å²) >= 11 is 5.67. The summed E-state index contributed by atoms with van der Waals surface area (Å²) in [6.07, 6.45) is -5.44. The van der Waals surface area contributed by atoms with Crippen molar-refractivity contribution in [3.8, 4) is 0 Å². The minimum absolute atomic E-state index is 0.306. The highest BCUT2D eigenvalue weighted by atomic mass is 35.5. The van der Waals surface area contributed by atoms with E-state index in [0.717, 1.165) is 0 Å². The smallest absolute Gasteiger partial charge is 0.352 e. The van der Waals surface area contributed by atoms with Crippen molar-refractivity contribution in [3.05, 3.63) is 34.6 Å². The molecule has 0 bridgehead atoms. The molecule has 1 aromatic carbocycles. The van der Waals surface area contributed by atoms with Crippen LogP contribution in [-0.2, 0) is 11.3 Å². The predicted molar refractivity (Wildman–Crippen MR) is 73.9 cm³/mol. The van der Waals surface area contributed by atoms with Crippen LogP contribution in [0, 0.1) is 5.82 Å². The Kier molecular flexibility index (Phi) is 5.28. The van der Waals surface area contributed by atoms with Gasteiger partial charge in [0.2, 0.25) is 5.91 Å². The van der Waals surface area contributed by atoms with Crippen LogP contribution < -0.4 is 5.32 Å². The standard InChI is InChI=1S/C14H15ClF4N2O/c15-10-2-1-9(12(16)5-10)7-21-4-3-11(8-21)20-13(22)6-14(17,18)19/h1-2,5,11H,3-4,6-8H2,(H,20,22). The van der Waals surface area contributed by atoms with Gasteiger partial charge in [-0.3, -0.25) is 9.69 Å². The van der Waals surface area contributed by atoms with E-state index in [9.17, 15) is 22.4 Å². The van der Waals surface area contributed by atoms with Crippen LogP contribution in [0.15, 0.2) is 18.2 Å². The SMILES string of the molecule is O=C(CC(F)(F)F)NC1CCN(Cc2ccc(Cl)cc2F)C1. The first-order valence-corrected chi connectivity index (χ1v) is 7.13. The summed E-state index contributed by atoms with van der Waals surface area (Å²) in [5.41, 5.74) is 0.465. The van der Waals surface area contributed by atoms with E-state index < -0.39 is 24.3 Å². The van der Waals surface area contributed by atoms with Crippen LogP contribution in [0.3, 0.4) is 0 Å². The summed E-state index contributed by atoms with van der Waals surface area (Å²) in [5, 5.41) is 2.66. The summed E-state index contributed by atoms with van der Waals surface area (Å²) in [7, 11) is 0. The van der Waals surface area contributed by atoms with Gasteiger partial charge < -0.3 is 5.32 Å². The van der Waals surface area contributed by atoms with Crippen LogP contribution in [0.2, 0.25) is 5.02 Å². The monoisotopic (exact) mass is 338 g/mol. The van der Waals surface area contributed by atoms with Gasteiger partial charge in [-0.1, -0.05) is 17.7 Å². The molecule has 0 aromatic heterocycles. The molecule has 122 valence electrons. The van der Waals surface area contributed by atoms with Crippen LogP contribution in [-0.4, -0.2) is 36.1 Å². The van der Waals surface area contributed by atoms with Crippen LogP contribution in [0.25, 0.3) is 0 Å². The quantitative estimate of drug-likeness (QED) is 0.856. The minimum atomic E-state index is -4.51. The van der Waals surface area contributed by atoms with Gasteiger partial charge in [-0.25, -0.2) is 4.39 Å². The molecular weight excluding hydrogens is 324 g/mol. The zero-order valence-electron chi connectivity index (χ0n) is 11.6. The number of rotatable bonds is 4. The molecule has 1 saturated heterocycles. The number of carbonyl (C=O) groups is 1. The van der Waals surface area contributed by atoms with Crippen molar-refractivity contribution in [1.29, 1.82) is 0 Å². The number of benzene rings is 1. The van der Waals surface area contributed by atoms with Crippen molar-refractivity contribution >= 4 is 17.5 Å². The Morgan fingerprint density at radius 2 is 2.14 bits per heavy atom. The van der Waals surface area contributed by atoms with Crippen LogP contribution in [0.4, 0.5) is 17.6 Å². The Morgan fingerprint density at radius 1 is 1.41 bits per heavy atom. The van der Waals surface area contributed by atoms with Gasteiger partial charge in [-0.05, 0) is 18.6 Å². The van der Waals surface area contributed by atoms with Gasteiger partial charge in [0.05, 0.1) is 0 Å². The van der Waals surface area contributed by atoms with Gasteiger partial charge in [-0.15, -0.1) is 0 Å². The topological polar surface area (TPSA) is 32.3 Å². The van der Waals surface area contributed by atoms with Gasteiger partial charge in [0.25, 0.3) is 0 Å². The molecule has 1 fully saturated rings. The third-order valence-corrected chi connectivity index (χ3v) is 3.64. The average molecular weight is 339 g/mol. The molecule has 0 radical (unpaired) electrons. The molecule has 0 spiro atoms. The molecule has 1 atom stereocenters. The van der Waals surface area contributed by atoms with Gasteiger partial charge in [-0.2, -0.15) is 13.2 Å². The van der Waals surface area contributed by atoms with Crippen LogP contribution in [0.1, 0.15) is 18.4 Å². The molecule has 8 heteroatoms. The maximum atomic E-state index is 13.7. The molecule has 1 N–H and O–H groups in total. The Balaban J connectivity index is 1.84. The van der Waals surface area contributed by atoms with Crippen molar-refractivity contribution in [3.63, 3.8) is 0 Å². The van der Waals surface area contributed by atoms with Crippen LogP contribution in [0.5, 0.6) is 0 Å². The first-order valence-electron chi connectivity index (χ1n) is 6.75. The van der Waals surface area contributed by atoms with Gasteiger partial charge in [0.15, 0.2) is 0 Å². The average Bonchev–Trinajstić information content (AvgIpc) is 2.77. The lowest BCUT2D eigenvalue weighted by Crippen LogP contribution is -2.38. The second-order valence-corrected chi connectivity index (χ2v) is 5.75. The zero-order chi connectivity index (χ0) is 16.3. The Labute approximate surface area is 130 Å². The highest BCUT2D eigenvalue weighted by Crippen LogP contribution is 2.21. The van der Waals surface area contributed by atoms with Crippen molar-refractivity contribution in [2.45, 2.75) is 31.6 Å². The largest absolute Gasteiger partial charge is 0.397 e. The molecule has 1 unspecified atom stereocenters. The number of alkyl halides is 3. The second kappa shape index (κ2) is 6.83. The molecule has 2 rings (SSSR count). The molecule has 1 heterocycles. The molecule has 0 aliphatic carbocycles. The maximum absolute atomic E-state index is 13.7. The molecule has 0 saturated carbocycles. The second-order valence-electron chi connectivity index (χ2n) is 5.32. The number of nitrogens with one attached hydrogen (secondary N) is 1. The predicted octanol–water partition coefficient (Wildman–Crippen LogP) is 3.12. The molecular formula is C14H15ClF4N2O. The summed E-state index contributed by atoms with van der Waals surface area (Å²) in [6, 6.07) is 4.03. The van der Waals surface area contributed by atoms with E-state index in [4.69, 9.17) is 11.6 Å². The third-order valence-electron chi connectivity index (χ3n) is 3.41. The molecule has 1 aromatic rings. The van der Waals surface area contributed by atoms with Crippen molar-refractivity contribution in [2.75, 3.05) is 13.1 Å². The highest BCUT2D eigenvalue weighted by molar-refractivity contribution is 6.30. The lowest BCUT2D eigenvalue weighted by molar-refractivity contribution is -0.154. The van der Waals surface area contributed by atoms with E-state index in [1.54, 1.807) is 12.1 Å². The summed E-state index contributed by atoms with van der Waals surface area (Å²) in [6.45, 7) is 1.30. The van der Waals surface area contributed by atoms with E-state index in [1.165, 1.54) is 6.07 Å². The lowest BCUT2D eigenvalue weighted by Gasteiger charge is -2.17. The lowest BCUT2D eigenvalue weighted by atomic mass is 10.2. The number of hydrogen-bond donors (Lipinski definition) is 1. The van der Waals surface area contributed by atoms with Gasteiger partial charge in [0, 0.05) is 36.3 Å². The van der Waals surface area contributed by atoms with E-state index in [1.807, 2.05) is 4.90 Å². The Morgan fingerprint density at radius 3 is 2.77 bits per heavy atom. The third kappa shape index (κ3) is 5.14. The summed E-state index contributed by atoms with van der Waals surface area (Å²) in [4.78, 5) is 13.1. The molecule has 22 heavy (non-hydrogen) atoms. The Hall–Kier alpha value is -1.34. The van der Waals surface area contributed by atoms with Gasteiger partial charge >= 0.3 is 6.18 Å². The first kappa shape index (κ1) is 17.0. The first-order chi connectivity index (χ1) is 10.2. The fraction of sp³-hybridized carbons (Fsp3) is 0.500. The van der Waals surface area contributed by atoms with E-state index in [2.05, 4.69) is 5.32 Å². The normalized spacial score (nSPS) is 19.4. The minimum Gasteiger partial charge on any atom is -0.352 e. The zero-order valence-corrected chi connectivity index (χ0v) is 12.3. The number of likely N-dealkylation sites (tertiary alicyclic amines) is 1. The highest BCUT2D eigenvalue weighted by Gasteiger charge is 2.33.